The van der Waals surface area contributed by atoms with E-state index < -0.39 is 12.0 Å². The number of aliphatic hydroxyl groups is 1. The van der Waals surface area contributed by atoms with E-state index in [4.69, 9.17) is 11.6 Å². The Labute approximate surface area is 140 Å². The van der Waals surface area contributed by atoms with Crippen molar-refractivity contribution in [2.45, 2.75) is 39.2 Å². The van der Waals surface area contributed by atoms with Gasteiger partial charge in [0.05, 0.1) is 16.8 Å². The van der Waals surface area contributed by atoms with Crippen molar-refractivity contribution in [2.24, 2.45) is 0 Å². The fraction of sp³-hybridized carbons (Fsp3) is 0.438. The quantitative estimate of drug-likeness (QED) is 0.813. The van der Waals surface area contributed by atoms with Crippen LogP contribution in [0.5, 0.6) is 0 Å². The largest absolute Gasteiger partial charge is 0.391 e. The van der Waals surface area contributed by atoms with Gasteiger partial charge >= 0.3 is 0 Å². The van der Waals surface area contributed by atoms with E-state index in [-0.39, 0.29) is 12.4 Å². The van der Waals surface area contributed by atoms with Crippen LogP contribution in [0.3, 0.4) is 0 Å². The molecule has 2 rings (SSSR count). The second-order valence-corrected chi connectivity index (χ2v) is 5.63. The Kier molecular flexibility index (Phi) is 6.12. The Hall–Kier alpha value is -1.92. The molecular formula is C16H21ClN4O2. The summed E-state index contributed by atoms with van der Waals surface area (Å²) in [6, 6.07) is 7.27. The molecule has 6 nitrogen and oxygen atoms in total. The number of halogens is 1. The van der Waals surface area contributed by atoms with Crippen molar-refractivity contribution >= 4 is 17.5 Å². The van der Waals surface area contributed by atoms with E-state index in [9.17, 15) is 9.90 Å². The number of carbonyl (C=O) groups is 1. The normalized spacial score (nSPS) is 12.2. The molecule has 1 heterocycles. The summed E-state index contributed by atoms with van der Waals surface area (Å²) >= 11 is 6.19. The lowest BCUT2D eigenvalue weighted by atomic mass is 10.2. The standard InChI is InChI=1S/C16H21ClN4O2/c1-3-7-11(22)10-18-16(23)15-19-14(4-2)21(20-15)13-9-6-5-8-12(13)17/h5-6,8-9,11,22H,3-4,7,10H2,1-2H3,(H,18,23). The van der Waals surface area contributed by atoms with Crippen molar-refractivity contribution in [1.82, 2.24) is 20.1 Å². The molecule has 0 aliphatic rings. The molecule has 0 radical (unpaired) electrons. The van der Waals surface area contributed by atoms with Gasteiger partial charge in [-0.15, -0.1) is 5.10 Å². The van der Waals surface area contributed by atoms with Gasteiger partial charge in [0.15, 0.2) is 0 Å². The summed E-state index contributed by atoms with van der Waals surface area (Å²) in [5, 5.41) is 17.1. The molecule has 2 aromatic rings. The van der Waals surface area contributed by atoms with Crippen LogP contribution in [0.1, 0.15) is 43.1 Å². The van der Waals surface area contributed by atoms with Crippen molar-refractivity contribution in [2.75, 3.05) is 6.54 Å². The van der Waals surface area contributed by atoms with Crippen molar-refractivity contribution in [3.05, 3.63) is 40.9 Å². The summed E-state index contributed by atoms with van der Waals surface area (Å²) in [6.07, 6.45) is 1.56. The van der Waals surface area contributed by atoms with E-state index in [1.54, 1.807) is 10.7 Å². The molecule has 1 unspecified atom stereocenters. The lowest BCUT2D eigenvalue weighted by molar-refractivity contribution is 0.0900. The molecule has 0 fully saturated rings. The molecule has 0 spiro atoms. The zero-order chi connectivity index (χ0) is 16.8. The number of hydrogen-bond acceptors (Lipinski definition) is 4. The number of rotatable bonds is 7. The zero-order valence-electron chi connectivity index (χ0n) is 13.3. The highest BCUT2D eigenvalue weighted by Crippen LogP contribution is 2.20. The average molecular weight is 337 g/mol. The van der Waals surface area contributed by atoms with Crippen LogP contribution in [0.15, 0.2) is 24.3 Å². The number of hydrogen-bond donors (Lipinski definition) is 2. The lowest BCUT2D eigenvalue weighted by Gasteiger charge is -2.09. The van der Waals surface area contributed by atoms with Crippen molar-refractivity contribution in [3.8, 4) is 5.69 Å². The highest BCUT2D eigenvalue weighted by atomic mass is 35.5. The fourth-order valence-electron chi connectivity index (χ4n) is 2.21. The second kappa shape index (κ2) is 8.08. The second-order valence-electron chi connectivity index (χ2n) is 5.22. The van der Waals surface area contributed by atoms with Crippen LogP contribution < -0.4 is 5.32 Å². The van der Waals surface area contributed by atoms with Crippen LogP contribution in [0, 0.1) is 0 Å². The Morgan fingerprint density at radius 2 is 2.13 bits per heavy atom. The van der Waals surface area contributed by atoms with Gasteiger partial charge < -0.3 is 10.4 Å². The molecular weight excluding hydrogens is 316 g/mol. The Morgan fingerprint density at radius 1 is 1.39 bits per heavy atom. The number of amides is 1. The number of benzene rings is 1. The van der Waals surface area contributed by atoms with Gasteiger partial charge in [0, 0.05) is 13.0 Å². The average Bonchev–Trinajstić information content (AvgIpc) is 2.97. The zero-order valence-corrected chi connectivity index (χ0v) is 14.0. The lowest BCUT2D eigenvalue weighted by Crippen LogP contribution is -2.32. The third-order valence-corrected chi connectivity index (χ3v) is 3.71. The van der Waals surface area contributed by atoms with E-state index in [1.165, 1.54) is 0 Å². The third kappa shape index (κ3) is 4.30. The van der Waals surface area contributed by atoms with Gasteiger partial charge in [0.1, 0.15) is 5.82 Å². The Bertz CT molecular complexity index is 672. The van der Waals surface area contributed by atoms with Gasteiger partial charge in [0.25, 0.3) is 5.91 Å². The summed E-state index contributed by atoms with van der Waals surface area (Å²) in [4.78, 5) is 16.4. The van der Waals surface area contributed by atoms with Gasteiger partial charge in [-0.1, -0.05) is 44.0 Å². The summed E-state index contributed by atoms with van der Waals surface area (Å²) in [6.45, 7) is 4.10. The first-order valence-corrected chi connectivity index (χ1v) is 8.11. The molecule has 2 N–H and O–H groups in total. The number of aliphatic hydroxyl groups excluding tert-OH is 1. The minimum absolute atomic E-state index is 0.0745. The van der Waals surface area contributed by atoms with Gasteiger partial charge in [-0.3, -0.25) is 4.79 Å². The minimum Gasteiger partial charge on any atom is -0.391 e. The first-order chi connectivity index (χ1) is 11.1. The van der Waals surface area contributed by atoms with Gasteiger partial charge in [-0.25, -0.2) is 9.67 Å². The van der Waals surface area contributed by atoms with Gasteiger partial charge in [-0.2, -0.15) is 0 Å². The molecule has 0 saturated heterocycles. The van der Waals surface area contributed by atoms with E-state index >= 15 is 0 Å². The highest BCUT2D eigenvalue weighted by Gasteiger charge is 2.18. The van der Waals surface area contributed by atoms with Crippen molar-refractivity contribution in [3.63, 3.8) is 0 Å². The van der Waals surface area contributed by atoms with Crippen LogP contribution >= 0.6 is 11.6 Å². The summed E-state index contributed by atoms with van der Waals surface area (Å²) in [5.74, 6) is 0.323. The van der Waals surface area contributed by atoms with Crippen molar-refractivity contribution < 1.29 is 9.90 Å². The fourth-order valence-corrected chi connectivity index (χ4v) is 2.43. The summed E-state index contributed by atoms with van der Waals surface area (Å²) < 4.78 is 1.58. The molecule has 23 heavy (non-hydrogen) atoms. The number of nitrogens with one attached hydrogen (secondary N) is 1. The van der Waals surface area contributed by atoms with E-state index in [1.807, 2.05) is 32.0 Å². The molecule has 0 saturated carbocycles. The number of nitrogens with zero attached hydrogens (tertiary/aromatic N) is 3. The molecule has 1 amide bonds. The Balaban J connectivity index is 2.19. The molecule has 0 aliphatic carbocycles. The first-order valence-electron chi connectivity index (χ1n) is 7.73. The topological polar surface area (TPSA) is 80.0 Å². The minimum atomic E-state index is -0.555. The van der Waals surface area contributed by atoms with Crippen LogP contribution in [0.25, 0.3) is 5.69 Å². The Morgan fingerprint density at radius 3 is 2.78 bits per heavy atom. The van der Waals surface area contributed by atoms with E-state index in [2.05, 4.69) is 15.4 Å². The monoisotopic (exact) mass is 336 g/mol. The molecule has 0 bridgehead atoms. The third-order valence-electron chi connectivity index (χ3n) is 3.39. The molecule has 0 aliphatic heterocycles. The number of para-hydroxylation sites is 1. The number of carbonyl (C=O) groups excluding carboxylic acids is 1. The molecule has 1 aromatic carbocycles. The SMILES string of the molecule is CCCC(O)CNC(=O)c1nc(CC)n(-c2ccccc2Cl)n1. The van der Waals surface area contributed by atoms with Gasteiger partial charge in [-0.05, 0) is 18.6 Å². The molecule has 7 heteroatoms. The molecule has 1 atom stereocenters. The maximum absolute atomic E-state index is 12.2. The summed E-state index contributed by atoms with van der Waals surface area (Å²) in [7, 11) is 0. The number of aromatic nitrogens is 3. The van der Waals surface area contributed by atoms with Gasteiger partial charge in [0.2, 0.25) is 5.82 Å². The molecule has 1 aromatic heterocycles. The molecule has 124 valence electrons. The summed E-state index contributed by atoms with van der Waals surface area (Å²) in [5.41, 5.74) is 0.684. The first kappa shape index (κ1) is 17.4. The van der Waals surface area contributed by atoms with E-state index in [0.29, 0.717) is 29.4 Å². The van der Waals surface area contributed by atoms with E-state index in [0.717, 1.165) is 6.42 Å². The van der Waals surface area contributed by atoms with Crippen LogP contribution in [0.2, 0.25) is 5.02 Å². The highest BCUT2D eigenvalue weighted by molar-refractivity contribution is 6.32. The van der Waals surface area contributed by atoms with Crippen molar-refractivity contribution in [1.29, 1.82) is 0 Å². The van der Waals surface area contributed by atoms with Crippen LogP contribution in [0.4, 0.5) is 0 Å². The smallest absolute Gasteiger partial charge is 0.291 e. The maximum atomic E-state index is 12.2. The predicted octanol–water partition coefficient (Wildman–Crippen LogP) is 2.37. The number of aryl methyl sites for hydroxylation is 1. The van der Waals surface area contributed by atoms with Crippen LogP contribution in [-0.2, 0) is 6.42 Å². The van der Waals surface area contributed by atoms with Crippen LogP contribution in [-0.4, -0.2) is 38.4 Å². The maximum Gasteiger partial charge on any atom is 0.291 e. The predicted molar refractivity (Wildman–Crippen MR) is 89.0 cm³/mol.